The lowest BCUT2D eigenvalue weighted by atomic mass is 10.2. The lowest BCUT2D eigenvalue weighted by Gasteiger charge is -2.08. The van der Waals surface area contributed by atoms with Crippen molar-refractivity contribution in [2.75, 3.05) is 0 Å². The molecule has 6 heteroatoms. The summed E-state index contributed by atoms with van der Waals surface area (Å²) in [5, 5.41) is 15.4. The number of nitrogens with zero attached hydrogens (tertiary/aromatic N) is 2. The van der Waals surface area contributed by atoms with E-state index in [2.05, 4.69) is 10.4 Å². The van der Waals surface area contributed by atoms with Gasteiger partial charge in [-0.2, -0.15) is 5.10 Å². The number of carboxylic acid groups (broad SMARTS) is 1. The number of aliphatic carboxylic acids is 1. The van der Waals surface area contributed by atoms with Crippen LogP contribution >= 0.6 is 0 Å². The molecule has 1 aromatic carbocycles. The number of rotatable bonds is 6. The smallest absolute Gasteiger partial charge is 0.325 e. The minimum Gasteiger partial charge on any atom is -0.480 e. The maximum absolute atomic E-state index is 11.6. The van der Waals surface area contributed by atoms with Crippen LogP contribution in [0.25, 0.3) is 5.69 Å². The van der Waals surface area contributed by atoms with E-state index in [9.17, 15) is 9.59 Å². The maximum atomic E-state index is 11.6. The van der Waals surface area contributed by atoms with Crippen molar-refractivity contribution < 1.29 is 14.7 Å². The standard InChI is InChI=1S/C15H17N3O3/c1-11(15(20)21)17-14(19)8-7-12-9-16-18(10-12)13-5-3-2-4-6-13/h2-6,9-11H,7-8H2,1H3,(H,17,19)(H,20,21)/t11-/m0/s1. The first-order valence-electron chi connectivity index (χ1n) is 6.67. The molecule has 1 amide bonds. The fourth-order valence-corrected chi connectivity index (χ4v) is 1.84. The third-order valence-corrected chi connectivity index (χ3v) is 3.05. The van der Waals surface area contributed by atoms with E-state index in [1.165, 1.54) is 6.92 Å². The predicted octanol–water partition coefficient (Wildman–Crippen LogP) is 1.39. The summed E-state index contributed by atoms with van der Waals surface area (Å²) in [6.45, 7) is 1.44. The summed E-state index contributed by atoms with van der Waals surface area (Å²) in [5.41, 5.74) is 1.88. The van der Waals surface area contributed by atoms with Crippen molar-refractivity contribution in [2.24, 2.45) is 0 Å². The van der Waals surface area contributed by atoms with E-state index in [0.29, 0.717) is 6.42 Å². The number of para-hydroxylation sites is 1. The van der Waals surface area contributed by atoms with Gasteiger partial charge in [0.2, 0.25) is 5.91 Å². The predicted molar refractivity (Wildman–Crippen MR) is 77.1 cm³/mol. The van der Waals surface area contributed by atoms with Gasteiger partial charge in [-0.25, -0.2) is 4.68 Å². The lowest BCUT2D eigenvalue weighted by molar-refractivity contribution is -0.141. The van der Waals surface area contributed by atoms with Crippen LogP contribution in [0.3, 0.4) is 0 Å². The molecule has 0 unspecified atom stereocenters. The molecule has 0 bridgehead atoms. The molecule has 110 valence electrons. The molecule has 0 spiro atoms. The molecule has 0 fully saturated rings. The Morgan fingerprint density at radius 2 is 2.05 bits per heavy atom. The third kappa shape index (κ3) is 4.17. The van der Waals surface area contributed by atoms with Crippen LogP contribution in [-0.4, -0.2) is 32.8 Å². The molecule has 0 aliphatic carbocycles. The quantitative estimate of drug-likeness (QED) is 0.841. The van der Waals surface area contributed by atoms with Gasteiger partial charge in [0.15, 0.2) is 0 Å². The zero-order valence-electron chi connectivity index (χ0n) is 11.7. The van der Waals surface area contributed by atoms with Crippen LogP contribution in [-0.2, 0) is 16.0 Å². The fraction of sp³-hybridized carbons (Fsp3) is 0.267. The van der Waals surface area contributed by atoms with Crippen LogP contribution in [0.2, 0.25) is 0 Å². The molecule has 2 rings (SSSR count). The Morgan fingerprint density at radius 1 is 1.33 bits per heavy atom. The van der Waals surface area contributed by atoms with Crippen molar-refractivity contribution in [1.29, 1.82) is 0 Å². The normalized spacial score (nSPS) is 11.9. The molecule has 0 radical (unpaired) electrons. The van der Waals surface area contributed by atoms with Gasteiger partial charge in [0.25, 0.3) is 0 Å². The number of amides is 1. The molecule has 1 atom stereocenters. The van der Waals surface area contributed by atoms with E-state index in [-0.39, 0.29) is 12.3 Å². The van der Waals surface area contributed by atoms with Crippen LogP contribution in [0.5, 0.6) is 0 Å². The summed E-state index contributed by atoms with van der Waals surface area (Å²) in [4.78, 5) is 22.2. The molecule has 2 N–H and O–H groups in total. The summed E-state index contributed by atoms with van der Waals surface area (Å²) in [5.74, 6) is -1.32. The number of aromatic nitrogens is 2. The van der Waals surface area contributed by atoms with E-state index in [1.54, 1.807) is 10.9 Å². The largest absolute Gasteiger partial charge is 0.480 e. The van der Waals surface area contributed by atoms with Crippen molar-refractivity contribution in [3.05, 3.63) is 48.3 Å². The number of carbonyl (C=O) groups excluding carboxylic acids is 1. The van der Waals surface area contributed by atoms with Gasteiger partial charge in [-0.05, 0) is 31.0 Å². The molecular formula is C15H17N3O3. The average molecular weight is 287 g/mol. The molecule has 0 aliphatic rings. The first-order chi connectivity index (χ1) is 10.1. The Balaban J connectivity index is 1.89. The summed E-state index contributed by atoms with van der Waals surface area (Å²) < 4.78 is 1.74. The molecule has 1 heterocycles. The second-order valence-corrected chi connectivity index (χ2v) is 4.76. The highest BCUT2D eigenvalue weighted by atomic mass is 16.4. The molecule has 6 nitrogen and oxygen atoms in total. The topological polar surface area (TPSA) is 84.2 Å². The van der Waals surface area contributed by atoms with Gasteiger partial charge in [0.05, 0.1) is 11.9 Å². The molecular weight excluding hydrogens is 270 g/mol. The van der Waals surface area contributed by atoms with Gasteiger partial charge < -0.3 is 10.4 Å². The minimum absolute atomic E-state index is 0.234. The van der Waals surface area contributed by atoms with Gasteiger partial charge >= 0.3 is 5.97 Å². The zero-order valence-corrected chi connectivity index (χ0v) is 11.7. The number of nitrogens with one attached hydrogen (secondary N) is 1. The van der Waals surface area contributed by atoms with E-state index in [1.807, 2.05) is 36.5 Å². The van der Waals surface area contributed by atoms with Crippen LogP contribution in [0, 0.1) is 0 Å². The lowest BCUT2D eigenvalue weighted by Crippen LogP contribution is -2.38. The molecule has 0 aliphatic heterocycles. The SMILES string of the molecule is C[C@H](NC(=O)CCc1cnn(-c2ccccc2)c1)C(=O)O. The number of hydrogen-bond acceptors (Lipinski definition) is 3. The summed E-state index contributed by atoms with van der Waals surface area (Å²) >= 11 is 0. The number of aryl methyl sites for hydroxylation is 1. The highest BCUT2D eigenvalue weighted by Crippen LogP contribution is 2.09. The Bertz CT molecular complexity index is 622. The highest BCUT2D eigenvalue weighted by Gasteiger charge is 2.13. The van der Waals surface area contributed by atoms with Crippen LogP contribution in [0.15, 0.2) is 42.7 Å². The van der Waals surface area contributed by atoms with Crippen molar-refractivity contribution in [1.82, 2.24) is 15.1 Å². The van der Waals surface area contributed by atoms with Crippen molar-refractivity contribution in [3.63, 3.8) is 0 Å². The van der Waals surface area contributed by atoms with Gasteiger partial charge in [0, 0.05) is 12.6 Å². The van der Waals surface area contributed by atoms with Gasteiger partial charge in [-0.3, -0.25) is 9.59 Å². The van der Waals surface area contributed by atoms with Crippen molar-refractivity contribution in [2.45, 2.75) is 25.8 Å². The molecule has 21 heavy (non-hydrogen) atoms. The molecule has 2 aromatic rings. The Hall–Kier alpha value is -2.63. The first kappa shape index (κ1) is 14.8. The van der Waals surface area contributed by atoms with Crippen LogP contribution < -0.4 is 5.32 Å². The van der Waals surface area contributed by atoms with E-state index in [0.717, 1.165) is 11.3 Å². The maximum Gasteiger partial charge on any atom is 0.325 e. The number of benzene rings is 1. The zero-order chi connectivity index (χ0) is 15.2. The Morgan fingerprint density at radius 3 is 2.71 bits per heavy atom. The summed E-state index contributed by atoms with van der Waals surface area (Å²) in [6.07, 6.45) is 4.33. The first-order valence-corrected chi connectivity index (χ1v) is 6.67. The fourth-order valence-electron chi connectivity index (χ4n) is 1.84. The summed E-state index contributed by atoms with van der Waals surface area (Å²) in [7, 11) is 0. The number of carboxylic acids is 1. The number of hydrogen-bond donors (Lipinski definition) is 2. The molecule has 0 saturated heterocycles. The second kappa shape index (κ2) is 6.69. The summed E-state index contributed by atoms with van der Waals surface area (Å²) in [6, 6.07) is 8.80. The van der Waals surface area contributed by atoms with Crippen LogP contribution in [0.1, 0.15) is 18.9 Å². The molecule has 1 aromatic heterocycles. The second-order valence-electron chi connectivity index (χ2n) is 4.76. The highest BCUT2D eigenvalue weighted by molar-refractivity contribution is 5.83. The Kier molecular flexibility index (Phi) is 4.71. The van der Waals surface area contributed by atoms with Gasteiger partial charge in [-0.15, -0.1) is 0 Å². The van der Waals surface area contributed by atoms with E-state index < -0.39 is 12.0 Å². The molecule has 0 saturated carbocycles. The monoisotopic (exact) mass is 287 g/mol. The van der Waals surface area contributed by atoms with E-state index in [4.69, 9.17) is 5.11 Å². The number of carbonyl (C=O) groups is 2. The van der Waals surface area contributed by atoms with E-state index >= 15 is 0 Å². The average Bonchev–Trinajstić information content (AvgIpc) is 2.95. The minimum atomic E-state index is -1.04. The van der Waals surface area contributed by atoms with Crippen molar-refractivity contribution >= 4 is 11.9 Å². The van der Waals surface area contributed by atoms with Gasteiger partial charge in [0.1, 0.15) is 6.04 Å². The van der Waals surface area contributed by atoms with Crippen molar-refractivity contribution in [3.8, 4) is 5.69 Å². The third-order valence-electron chi connectivity index (χ3n) is 3.05. The Labute approximate surface area is 122 Å². The van der Waals surface area contributed by atoms with Gasteiger partial charge in [-0.1, -0.05) is 18.2 Å². The van der Waals surface area contributed by atoms with Crippen LogP contribution in [0.4, 0.5) is 0 Å².